The molecule has 1 unspecified atom stereocenters. The lowest BCUT2D eigenvalue weighted by Crippen LogP contribution is -2.44. The van der Waals surface area contributed by atoms with Crippen molar-refractivity contribution in [1.82, 2.24) is 19.4 Å². The number of aliphatic hydroxyl groups is 1. The van der Waals surface area contributed by atoms with Crippen LogP contribution in [-0.4, -0.2) is 56.2 Å². The fourth-order valence-electron chi connectivity index (χ4n) is 3.91. The van der Waals surface area contributed by atoms with Crippen LogP contribution in [0.15, 0.2) is 35.3 Å². The van der Waals surface area contributed by atoms with Gasteiger partial charge in [0.2, 0.25) is 0 Å². The number of rotatable bonds is 9. The first kappa shape index (κ1) is 23.6. The van der Waals surface area contributed by atoms with Gasteiger partial charge in [0.25, 0.3) is 5.56 Å². The van der Waals surface area contributed by atoms with Gasteiger partial charge >= 0.3 is 5.97 Å². The number of benzene rings is 1. The minimum Gasteiger partial charge on any atom is -0.480 e. The van der Waals surface area contributed by atoms with E-state index in [-0.39, 0.29) is 18.1 Å². The van der Waals surface area contributed by atoms with Crippen LogP contribution in [0.4, 0.5) is 0 Å². The number of carbonyl (C=O) groups is 1. The van der Waals surface area contributed by atoms with Crippen LogP contribution in [0.1, 0.15) is 31.0 Å². The van der Waals surface area contributed by atoms with Crippen LogP contribution >= 0.6 is 0 Å². The summed E-state index contributed by atoms with van der Waals surface area (Å²) in [5.74, 6) is -0.383. The highest BCUT2D eigenvalue weighted by molar-refractivity contribution is 5.81. The van der Waals surface area contributed by atoms with E-state index < -0.39 is 18.1 Å². The number of hydrogen-bond acceptors (Lipinski definition) is 6. The maximum atomic E-state index is 12.2. The Kier molecular flexibility index (Phi) is 7.12. The number of carboxylic acid groups (broad SMARTS) is 1. The monoisotopic (exact) mass is 442 g/mol. The Labute approximate surface area is 186 Å². The molecule has 2 aromatic heterocycles. The van der Waals surface area contributed by atoms with E-state index in [1.807, 2.05) is 31.2 Å². The van der Waals surface area contributed by atoms with Crippen LogP contribution < -0.4 is 10.9 Å². The highest BCUT2D eigenvalue weighted by atomic mass is 16.5. The Morgan fingerprint density at radius 1 is 1.28 bits per heavy atom. The summed E-state index contributed by atoms with van der Waals surface area (Å²) in [6, 6.07) is 6.52. The van der Waals surface area contributed by atoms with E-state index in [0.29, 0.717) is 12.2 Å². The number of pyridine rings is 1. The number of imidazole rings is 1. The molecule has 0 spiro atoms. The number of aliphatic hydroxyl groups excluding tert-OH is 1. The molecule has 9 nitrogen and oxygen atoms in total. The maximum Gasteiger partial charge on any atom is 0.323 e. The van der Waals surface area contributed by atoms with Crippen LogP contribution in [-0.2, 0) is 23.1 Å². The lowest BCUT2D eigenvalue weighted by atomic mass is 10.1. The van der Waals surface area contributed by atoms with Gasteiger partial charge in [-0.2, -0.15) is 0 Å². The first-order valence-electron chi connectivity index (χ1n) is 10.5. The quantitative estimate of drug-likeness (QED) is 0.463. The van der Waals surface area contributed by atoms with Crippen molar-refractivity contribution in [2.75, 3.05) is 13.7 Å². The van der Waals surface area contributed by atoms with E-state index in [1.54, 1.807) is 31.8 Å². The fourth-order valence-corrected chi connectivity index (χ4v) is 3.91. The van der Waals surface area contributed by atoms with Crippen molar-refractivity contribution in [3.8, 4) is 11.4 Å². The van der Waals surface area contributed by atoms with Crippen LogP contribution in [0.2, 0.25) is 0 Å². The molecule has 0 aliphatic heterocycles. The van der Waals surface area contributed by atoms with Gasteiger partial charge < -0.3 is 24.1 Å². The van der Waals surface area contributed by atoms with Gasteiger partial charge in [-0.05, 0) is 44.5 Å². The first-order valence-corrected chi connectivity index (χ1v) is 10.5. The van der Waals surface area contributed by atoms with E-state index >= 15 is 0 Å². The van der Waals surface area contributed by atoms with Crippen molar-refractivity contribution in [3.05, 3.63) is 51.9 Å². The second-order valence-corrected chi connectivity index (χ2v) is 8.20. The normalized spacial score (nSPS) is 14.4. The number of hydrogen-bond donors (Lipinski definition) is 3. The van der Waals surface area contributed by atoms with E-state index in [9.17, 15) is 19.8 Å². The molecule has 9 heteroatoms. The molecule has 0 fully saturated rings. The summed E-state index contributed by atoms with van der Waals surface area (Å²) in [5.41, 5.74) is 3.90. The third-order valence-electron chi connectivity index (χ3n) is 5.50. The number of fused-ring (bicyclic) bond motifs is 1. The standard InChI is InChI=1S/C23H30N4O5/c1-13-8-17(11-26(4)22(13)29)21-25-18-9-16(10-24-20(15(3)28)23(30)31)6-7-19(18)27(21)14(2)12-32-5/h6-9,11,14-15,20,24,28H,10,12H2,1-5H3,(H,30,31)/t14?,15-,20+/m1/s1. The summed E-state index contributed by atoms with van der Waals surface area (Å²) in [6.07, 6.45) is 0.750. The number of aliphatic carboxylic acids is 1. The predicted molar refractivity (Wildman–Crippen MR) is 122 cm³/mol. The number of ether oxygens (including phenoxy) is 1. The number of nitrogens with one attached hydrogen (secondary N) is 1. The van der Waals surface area contributed by atoms with Crippen molar-refractivity contribution < 1.29 is 19.7 Å². The fraction of sp³-hybridized carbons (Fsp3) is 0.435. The van der Waals surface area contributed by atoms with Crippen molar-refractivity contribution >= 4 is 17.0 Å². The number of aryl methyl sites for hydroxylation is 2. The number of methoxy groups -OCH3 is 1. The third-order valence-corrected chi connectivity index (χ3v) is 5.50. The molecule has 2 heterocycles. The SMILES string of the molecule is COCC(C)n1c(-c2cc(C)c(=O)n(C)c2)nc2cc(CN[C@H](C(=O)O)[C@@H](C)O)ccc21. The highest BCUT2D eigenvalue weighted by Gasteiger charge is 2.23. The molecule has 0 radical (unpaired) electrons. The predicted octanol–water partition coefficient (Wildman–Crippen LogP) is 1.84. The second kappa shape index (κ2) is 9.64. The number of nitrogens with zero attached hydrogens (tertiary/aromatic N) is 3. The molecule has 1 aromatic carbocycles. The summed E-state index contributed by atoms with van der Waals surface area (Å²) < 4.78 is 9.01. The van der Waals surface area contributed by atoms with E-state index in [4.69, 9.17) is 9.72 Å². The smallest absolute Gasteiger partial charge is 0.323 e. The van der Waals surface area contributed by atoms with Crippen LogP contribution in [0.5, 0.6) is 0 Å². The van der Waals surface area contributed by atoms with Gasteiger partial charge in [-0.15, -0.1) is 0 Å². The second-order valence-electron chi connectivity index (χ2n) is 8.20. The Morgan fingerprint density at radius 3 is 2.59 bits per heavy atom. The Morgan fingerprint density at radius 2 is 2.00 bits per heavy atom. The van der Waals surface area contributed by atoms with E-state index in [2.05, 4.69) is 9.88 Å². The maximum absolute atomic E-state index is 12.2. The van der Waals surface area contributed by atoms with Crippen LogP contribution in [0.25, 0.3) is 22.4 Å². The van der Waals surface area contributed by atoms with E-state index in [1.165, 1.54) is 6.92 Å². The zero-order valence-electron chi connectivity index (χ0n) is 19.0. The van der Waals surface area contributed by atoms with Crippen molar-refractivity contribution in [2.24, 2.45) is 7.05 Å². The molecule has 0 amide bonds. The van der Waals surface area contributed by atoms with Crippen LogP contribution in [0.3, 0.4) is 0 Å². The van der Waals surface area contributed by atoms with Gasteiger partial charge in [0, 0.05) is 38.0 Å². The van der Waals surface area contributed by atoms with Gasteiger partial charge in [0.15, 0.2) is 0 Å². The summed E-state index contributed by atoms with van der Waals surface area (Å²) in [6.45, 7) is 6.02. The molecule has 0 saturated heterocycles. The minimum atomic E-state index is -1.11. The highest BCUT2D eigenvalue weighted by Crippen LogP contribution is 2.29. The van der Waals surface area contributed by atoms with Crippen molar-refractivity contribution in [2.45, 2.75) is 45.5 Å². The molecule has 0 saturated carbocycles. The lowest BCUT2D eigenvalue weighted by Gasteiger charge is -2.18. The average molecular weight is 443 g/mol. The molecule has 0 aliphatic rings. The Bertz CT molecular complexity index is 1150. The topological polar surface area (TPSA) is 119 Å². The molecule has 0 bridgehead atoms. The third kappa shape index (κ3) is 4.74. The van der Waals surface area contributed by atoms with Gasteiger partial charge in [-0.1, -0.05) is 6.07 Å². The zero-order valence-corrected chi connectivity index (χ0v) is 19.0. The minimum absolute atomic E-state index is 0.00635. The number of aromatic nitrogens is 3. The zero-order chi connectivity index (χ0) is 23.6. The van der Waals surface area contributed by atoms with Gasteiger partial charge in [0.1, 0.15) is 11.9 Å². The molecular formula is C23H30N4O5. The first-order chi connectivity index (χ1) is 15.1. The molecule has 3 atom stereocenters. The Hall–Kier alpha value is -3.01. The van der Waals surface area contributed by atoms with Crippen molar-refractivity contribution in [1.29, 1.82) is 0 Å². The summed E-state index contributed by atoms with van der Waals surface area (Å²) in [4.78, 5) is 28.3. The molecular weight excluding hydrogens is 412 g/mol. The van der Waals surface area contributed by atoms with Gasteiger partial charge in [-0.3, -0.25) is 14.9 Å². The molecule has 172 valence electrons. The van der Waals surface area contributed by atoms with Gasteiger partial charge in [0.05, 0.1) is 29.8 Å². The Balaban J connectivity index is 2.07. The average Bonchev–Trinajstić information content (AvgIpc) is 3.10. The van der Waals surface area contributed by atoms with Gasteiger partial charge in [-0.25, -0.2) is 4.98 Å². The summed E-state index contributed by atoms with van der Waals surface area (Å²) in [5, 5.41) is 21.8. The molecule has 3 N–H and O–H groups in total. The summed E-state index contributed by atoms with van der Waals surface area (Å²) >= 11 is 0. The molecule has 3 rings (SSSR count). The molecule has 32 heavy (non-hydrogen) atoms. The van der Waals surface area contributed by atoms with Crippen molar-refractivity contribution in [3.63, 3.8) is 0 Å². The van der Waals surface area contributed by atoms with Crippen LogP contribution in [0, 0.1) is 6.92 Å². The summed E-state index contributed by atoms with van der Waals surface area (Å²) in [7, 11) is 3.37. The lowest BCUT2D eigenvalue weighted by molar-refractivity contribution is -0.142. The largest absolute Gasteiger partial charge is 0.480 e. The molecule has 0 aliphatic carbocycles. The van der Waals surface area contributed by atoms with E-state index in [0.717, 1.165) is 28.0 Å². The number of carboxylic acids is 1. The molecule has 3 aromatic rings.